The average Bonchev–Trinajstić information content (AvgIpc) is 3.24. The normalized spacial score (nSPS) is 12.7. The van der Waals surface area contributed by atoms with Crippen molar-refractivity contribution in [3.63, 3.8) is 0 Å². The first-order valence-corrected chi connectivity index (χ1v) is 24.9. The van der Waals surface area contributed by atoms with E-state index in [0.717, 1.165) is 89.9 Å². The molecule has 0 N–H and O–H groups in total. The van der Waals surface area contributed by atoms with E-state index in [0.29, 0.717) is 19.3 Å². The average molecular weight is 837 g/mol. The lowest BCUT2D eigenvalue weighted by Crippen LogP contribution is -2.30. The number of allylic oxidation sites excluding steroid dienone is 12. The summed E-state index contributed by atoms with van der Waals surface area (Å²) in [5.41, 5.74) is 0. The molecule has 0 unspecified atom stereocenters. The van der Waals surface area contributed by atoms with Gasteiger partial charge in [-0.05, 0) is 83.5 Å². The quantitative estimate of drug-likeness (QED) is 0.0263. The highest BCUT2D eigenvalue weighted by molar-refractivity contribution is 5.71. The van der Waals surface area contributed by atoms with E-state index in [4.69, 9.17) is 14.2 Å². The second-order valence-electron chi connectivity index (χ2n) is 16.3. The van der Waals surface area contributed by atoms with Crippen molar-refractivity contribution in [3.05, 3.63) is 72.9 Å². The van der Waals surface area contributed by atoms with Crippen molar-refractivity contribution in [2.75, 3.05) is 13.2 Å². The monoisotopic (exact) mass is 837 g/mol. The van der Waals surface area contributed by atoms with Crippen LogP contribution in [0.25, 0.3) is 0 Å². The van der Waals surface area contributed by atoms with Crippen LogP contribution in [-0.4, -0.2) is 37.2 Å². The van der Waals surface area contributed by atoms with Crippen molar-refractivity contribution in [2.45, 2.75) is 239 Å². The first-order chi connectivity index (χ1) is 29.5. The number of hydrogen-bond acceptors (Lipinski definition) is 6. The predicted octanol–water partition coefficient (Wildman–Crippen LogP) is 16.3. The second-order valence-corrected chi connectivity index (χ2v) is 16.3. The minimum absolute atomic E-state index is 0.0950. The molecule has 0 aliphatic heterocycles. The Bertz CT molecular complexity index is 1140. The van der Waals surface area contributed by atoms with E-state index < -0.39 is 6.10 Å². The van der Waals surface area contributed by atoms with Crippen molar-refractivity contribution in [2.24, 2.45) is 0 Å². The van der Waals surface area contributed by atoms with Crippen LogP contribution in [0.1, 0.15) is 233 Å². The lowest BCUT2D eigenvalue weighted by atomic mass is 10.0. The molecular formula is C54H92O6. The van der Waals surface area contributed by atoms with Crippen LogP contribution in [0, 0.1) is 0 Å². The third-order valence-electron chi connectivity index (χ3n) is 10.4. The van der Waals surface area contributed by atoms with Crippen LogP contribution in [-0.2, 0) is 28.6 Å². The Labute approximate surface area is 370 Å². The second kappa shape index (κ2) is 48.5. The van der Waals surface area contributed by atoms with Gasteiger partial charge in [-0.15, -0.1) is 0 Å². The van der Waals surface area contributed by atoms with Crippen LogP contribution in [0.2, 0.25) is 0 Å². The largest absolute Gasteiger partial charge is 0.462 e. The molecule has 0 aliphatic rings. The molecule has 0 heterocycles. The van der Waals surface area contributed by atoms with Gasteiger partial charge in [-0.2, -0.15) is 0 Å². The van der Waals surface area contributed by atoms with Gasteiger partial charge in [-0.1, -0.05) is 203 Å². The van der Waals surface area contributed by atoms with E-state index in [1.54, 1.807) is 0 Å². The Hall–Kier alpha value is -3.15. The molecule has 0 bridgehead atoms. The molecule has 60 heavy (non-hydrogen) atoms. The molecule has 0 fully saturated rings. The maximum atomic E-state index is 12.8. The highest BCUT2D eigenvalue weighted by atomic mass is 16.6. The van der Waals surface area contributed by atoms with Gasteiger partial charge in [0.25, 0.3) is 0 Å². The standard InChI is InChI=1S/C54H92O6/c1-4-7-10-13-16-19-22-25-26-27-28-30-32-35-38-41-44-47-53(56)59-50-51(49-58-52(55)46-43-40-37-34-31-24-21-18-15-12-9-6-3)60-54(57)48-45-42-39-36-33-29-23-20-17-14-11-8-5-2/h7,10,16,19-20,23,25-26,28,30,35,38,51H,4-6,8-9,11-15,17-18,21-22,24,27,29,31-34,36-37,39-50H2,1-3H3/b10-7-,19-16-,23-20-,26-25-,30-28-,38-35-/t51-/m1/s1. The molecule has 6 nitrogen and oxygen atoms in total. The SMILES string of the molecule is CC/C=C\C/C=C\C/C=C\C/C=C\C/C=C\CCCC(=O)OC[C@@H](COC(=O)CCCCCCCCCCCCCC)OC(=O)CCCCCCC/C=C\CCCCCC. The summed E-state index contributed by atoms with van der Waals surface area (Å²) >= 11 is 0. The van der Waals surface area contributed by atoms with Crippen molar-refractivity contribution >= 4 is 17.9 Å². The van der Waals surface area contributed by atoms with Crippen LogP contribution >= 0.6 is 0 Å². The topological polar surface area (TPSA) is 78.9 Å². The van der Waals surface area contributed by atoms with E-state index in [-0.39, 0.29) is 37.5 Å². The molecule has 0 rings (SSSR count). The molecule has 0 aromatic rings. The Morgan fingerprint density at radius 1 is 0.350 bits per heavy atom. The van der Waals surface area contributed by atoms with Crippen LogP contribution in [0.5, 0.6) is 0 Å². The number of carbonyl (C=O) groups excluding carboxylic acids is 3. The van der Waals surface area contributed by atoms with Gasteiger partial charge in [0.2, 0.25) is 0 Å². The molecule has 0 aliphatic carbocycles. The number of esters is 3. The molecule has 6 heteroatoms. The first kappa shape index (κ1) is 56.9. The lowest BCUT2D eigenvalue weighted by Gasteiger charge is -2.18. The summed E-state index contributed by atoms with van der Waals surface area (Å²) in [4.78, 5) is 37.9. The number of ether oxygens (including phenoxy) is 3. The fourth-order valence-corrected chi connectivity index (χ4v) is 6.71. The molecular weight excluding hydrogens is 745 g/mol. The molecule has 0 amide bonds. The van der Waals surface area contributed by atoms with Crippen LogP contribution in [0.15, 0.2) is 72.9 Å². The molecule has 1 atom stereocenters. The van der Waals surface area contributed by atoms with E-state index in [9.17, 15) is 14.4 Å². The van der Waals surface area contributed by atoms with Gasteiger partial charge in [0.05, 0.1) is 0 Å². The van der Waals surface area contributed by atoms with Gasteiger partial charge in [0, 0.05) is 19.3 Å². The molecule has 0 saturated heterocycles. The summed E-state index contributed by atoms with van der Waals surface area (Å²) in [6.07, 6.45) is 60.3. The van der Waals surface area contributed by atoms with Crippen molar-refractivity contribution in [3.8, 4) is 0 Å². The molecule has 0 saturated carbocycles. The zero-order valence-corrected chi connectivity index (χ0v) is 39.2. The van der Waals surface area contributed by atoms with Crippen LogP contribution in [0.4, 0.5) is 0 Å². The molecule has 344 valence electrons. The third kappa shape index (κ3) is 45.9. The van der Waals surface area contributed by atoms with E-state index in [1.807, 2.05) is 0 Å². The van der Waals surface area contributed by atoms with Gasteiger partial charge in [-0.25, -0.2) is 0 Å². The van der Waals surface area contributed by atoms with Crippen molar-refractivity contribution < 1.29 is 28.6 Å². The highest BCUT2D eigenvalue weighted by Crippen LogP contribution is 2.14. The fourth-order valence-electron chi connectivity index (χ4n) is 6.71. The Morgan fingerprint density at radius 2 is 0.667 bits per heavy atom. The fraction of sp³-hybridized carbons (Fsp3) is 0.722. The number of carbonyl (C=O) groups is 3. The third-order valence-corrected chi connectivity index (χ3v) is 10.4. The summed E-state index contributed by atoms with van der Waals surface area (Å²) in [6.45, 7) is 6.44. The van der Waals surface area contributed by atoms with Crippen LogP contribution in [0.3, 0.4) is 0 Å². The highest BCUT2D eigenvalue weighted by Gasteiger charge is 2.19. The summed E-state index contributed by atoms with van der Waals surface area (Å²) < 4.78 is 16.7. The minimum Gasteiger partial charge on any atom is -0.462 e. The van der Waals surface area contributed by atoms with Crippen molar-refractivity contribution in [1.29, 1.82) is 0 Å². The number of unbranched alkanes of at least 4 members (excludes halogenated alkanes) is 21. The zero-order chi connectivity index (χ0) is 43.7. The molecule has 0 aromatic carbocycles. The molecule has 0 spiro atoms. The number of hydrogen-bond donors (Lipinski definition) is 0. The van der Waals surface area contributed by atoms with Crippen molar-refractivity contribution in [1.82, 2.24) is 0 Å². The Kier molecular flexibility index (Phi) is 46.0. The summed E-state index contributed by atoms with van der Waals surface area (Å²) in [5.74, 6) is -0.965. The summed E-state index contributed by atoms with van der Waals surface area (Å²) in [7, 11) is 0. The summed E-state index contributed by atoms with van der Waals surface area (Å²) in [5, 5.41) is 0. The first-order valence-electron chi connectivity index (χ1n) is 24.9. The smallest absolute Gasteiger partial charge is 0.306 e. The predicted molar refractivity (Wildman–Crippen MR) is 256 cm³/mol. The minimum atomic E-state index is -0.799. The molecule has 0 aromatic heterocycles. The zero-order valence-electron chi connectivity index (χ0n) is 39.2. The van der Waals surface area contributed by atoms with E-state index in [2.05, 4.69) is 93.7 Å². The van der Waals surface area contributed by atoms with Gasteiger partial charge >= 0.3 is 17.9 Å². The lowest BCUT2D eigenvalue weighted by molar-refractivity contribution is -0.167. The Morgan fingerprint density at radius 3 is 1.12 bits per heavy atom. The van der Waals surface area contributed by atoms with E-state index >= 15 is 0 Å². The molecule has 0 radical (unpaired) electrons. The van der Waals surface area contributed by atoms with E-state index in [1.165, 1.54) is 96.3 Å². The maximum absolute atomic E-state index is 12.8. The summed E-state index contributed by atoms with van der Waals surface area (Å²) in [6, 6.07) is 0. The van der Waals surface area contributed by atoms with Gasteiger partial charge in [-0.3, -0.25) is 14.4 Å². The van der Waals surface area contributed by atoms with Gasteiger partial charge in [0.15, 0.2) is 6.10 Å². The van der Waals surface area contributed by atoms with Gasteiger partial charge in [0.1, 0.15) is 13.2 Å². The van der Waals surface area contributed by atoms with Gasteiger partial charge < -0.3 is 14.2 Å². The number of rotatable bonds is 44. The maximum Gasteiger partial charge on any atom is 0.306 e. The Balaban J connectivity index is 4.48. The van der Waals surface area contributed by atoms with Crippen LogP contribution < -0.4 is 0 Å².